The van der Waals surface area contributed by atoms with E-state index < -0.39 is 35.0 Å². The maximum atomic E-state index is 13.3. The Balaban J connectivity index is 2.20. The number of urea groups is 1. The van der Waals surface area contributed by atoms with Crippen LogP contribution in [0.5, 0.6) is 0 Å². The summed E-state index contributed by atoms with van der Waals surface area (Å²) in [7, 11) is 0. The van der Waals surface area contributed by atoms with E-state index >= 15 is 0 Å². The quantitative estimate of drug-likeness (QED) is 0.704. The van der Waals surface area contributed by atoms with E-state index in [0.29, 0.717) is 6.54 Å². The van der Waals surface area contributed by atoms with Gasteiger partial charge < -0.3 is 21.3 Å². The maximum absolute atomic E-state index is 13.3. The second-order valence-electron chi connectivity index (χ2n) is 10.4. The Labute approximate surface area is 156 Å². The van der Waals surface area contributed by atoms with Crippen LogP contribution < -0.4 is 16.4 Å². The lowest BCUT2D eigenvalue weighted by Gasteiger charge is -2.37. The average Bonchev–Trinajstić information content (AvgIpc) is 2.81. The molecule has 1 saturated carbocycles. The predicted octanol–water partition coefficient (Wildman–Crippen LogP) is 1.47. The number of hydrogen-bond donors (Lipinski definition) is 3. The number of amides is 4. The number of carbonyl (C=O) groups is 3. The molecule has 0 spiro atoms. The molecule has 0 radical (unpaired) electrons. The van der Waals surface area contributed by atoms with E-state index in [0.717, 1.165) is 0 Å². The summed E-state index contributed by atoms with van der Waals surface area (Å²) < 4.78 is 0. The highest BCUT2D eigenvalue weighted by Crippen LogP contribution is 2.64. The standard InChI is InChI=1S/C19H34N4O3/c1-17(2,3)13(21-16(26)22-18(4,5)6)15(25)23-9-10-11(19(10,7)8)12(23)14(20)24/h10-13H,9H2,1-8H3,(H2,20,24)(H2,21,22,26)/t10?,11?,12?,13-/m1/s1. The molecule has 0 aromatic rings. The van der Waals surface area contributed by atoms with Crippen LogP contribution in [0.2, 0.25) is 0 Å². The Morgan fingerprint density at radius 3 is 2.08 bits per heavy atom. The van der Waals surface area contributed by atoms with Crippen LogP contribution in [0.15, 0.2) is 0 Å². The van der Waals surface area contributed by atoms with Crippen LogP contribution >= 0.6 is 0 Å². The fourth-order valence-electron chi connectivity index (χ4n) is 4.16. The lowest BCUT2D eigenvalue weighted by Crippen LogP contribution is -2.61. The van der Waals surface area contributed by atoms with Crippen molar-refractivity contribution in [3.8, 4) is 0 Å². The third-order valence-corrected chi connectivity index (χ3v) is 5.66. The SMILES string of the molecule is CC(C)(C)NC(=O)N[C@H](C(=O)N1CC2C(C1C(N)=O)C2(C)C)C(C)(C)C. The Morgan fingerprint density at radius 2 is 1.65 bits per heavy atom. The van der Waals surface area contributed by atoms with Crippen LogP contribution in [0.25, 0.3) is 0 Å². The summed E-state index contributed by atoms with van der Waals surface area (Å²) in [5.41, 5.74) is 4.74. The molecule has 0 aromatic heterocycles. The van der Waals surface area contributed by atoms with E-state index in [9.17, 15) is 14.4 Å². The Kier molecular flexibility index (Phi) is 4.84. The monoisotopic (exact) mass is 366 g/mol. The van der Waals surface area contributed by atoms with Crippen molar-refractivity contribution in [1.29, 1.82) is 0 Å². The Hall–Kier alpha value is -1.79. The first kappa shape index (κ1) is 20.5. The van der Waals surface area contributed by atoms with Crippen LogP contribution in [0.1, 0.15) is 55.4 Å². The lowest BCUT2D eigenvalue weighted by atomic mass is 9.85. The van der Waals surface area contributed by atoms with E-state index in [2.05, 4.69) is 24.5 Å². The topological polar surface area (TPSA) is 105 Å². The van der Waals surface area contributed by atoms with Gasteiger partial charge >= 0.3 is 6.03 Å². The summed E-state index contributed by atoms with van der Waals surface area (Å²) in [5, 5.41) is 5.63. The highest BCUT2D eigenvalue weighted by Gasteiger charge is 2.69. The highest BCUT2D eigenvalue weighted by atomic mass is 16.2. The van der Waals surface area contributed by atoms with Crippen molar-refractivity contribution in [3.63, 3.8) is 0 Å². The molecule has 1 saturated heterocycles. The van der Waals surface area contributed by atoms with Gasteiger partial charge in [0.2, 0.25) is 11.8 Å². The summed E-state index contributed by atoms with van der Waals surface area (Å²) in [4.78, 5) is 39.2. The van der Waals surface area contributed by atoms with Crippen molar-refractivity contribution in [2.24, 2.45) is 28.4 Å². The molecular weight excluding hydrogens is 332 g/mol. The third-order valence-electron chi connectivity index (χ3n) is 5.66. The van der Waals surface area contributed by atoms with Gasteiger partial charge in [-0.1, -0.05) is 34.6 Å². The van der Waals surface area contributed by atoms with E-state index in [1.807, 2.05) is 41.5 Å². The number of nitrogens with two attached hydrogens (primary N) is 1. The molecule has 0 aromatic carbocycles. The maximum Gasteiger partial charge on any atom is 0.315 e. The number of fused-ring (bicyclic) bond motifs is 1. The van der Waals surface area contributed by atoms with E-state index in [1.165, 1.54) is 0 Å². The number of carbonyl (C=O) groups excluding carboxylic acids is 3. The fraction of sp³-hybridized carbons (Fsp3) is 0.842. The summed E-state index contributed by atoms with van der Waals surface area (Å²) in [6.45, 7) is 16.0. The van der Waals surface area contributed by atoms with Gasteiger partial charge in [-0.2, -0.15) is 0 Å². The first-order chi connectivity index (χ1) is 11.6. The van der Waals surface area contributed by atoms with Crippen molar-refractivity contribution >= 4 is 17.8 Å². The molecule has 2 rings (SSSR count). The minimum Gasteiger partial charge on any atom is -0.368 e. The molecule has 4 amide bonds. The van der Waals surface area contributed by atoms with Crippen LogP contribution in [-0.4, -0.2) is 46.9 Å². The Morgan fingerprint density at radius 1 is 1.12 bits per heavy atom. The van der Waals surface area contributed by atoms with Gasteiger partial charge in [0.25, 0.3) is 0 Å². The number of rotatable bonds is 3. The van der Waals surface area contributed by atoms with Gasteiger partial charge in [-0.25, -0.2) is 4.79 Å². The first-order valence-electron chi connectivity index (χ1n) is 9.26. The van der Waals surface area contributed by atoms with Gasteiger partial charge in [0, 0.05) is 12.1 Å². The summed E-state index contributed by atoms with van der Waals surface area (Å²) in [5.74, 6) is -0.322. The van der Waals surface area contributed by atoms with Crippen molar-refractivity contribution in [2.75, 3.05) is 6.54 Å². The molecular formula is C19H34N4O3. The fourth-order valence-corrected chi connectivity index (χ4v) is 4.16. The van der Waals surface area contributed by atoms with Crippen molar-refractivity contribution in [3.05, 3.63) is 0 Å². The van der Waals surface area contributed by atoms with Gasteiger partial charge in [-0.05, 0) is 43.4 Å². The van der Waals surface area contributed by atoms with Gasteiger partial charge in [0.15, 0.2) is 0 Å². The second kappa shape index (κ2) is 6.13. The van der Waals surface area contributed by atoms with Gasteiger partial charge in [0.05, 0.1) is 0 Å². The zero-order valence-corrected chi connectivity index (χ0v) is 17.3. The zero-order chi connectivity index (χ0) is 20.2. The number of nitrogens with one attached hydrogen (secondary N) is 2. The molecule has 4 atom stereocenters. The molecule has 4 N–H and O–H groups in total. The highest BCUT2D eigenvalue weighted by molar-refractivity contribution is 5.93. The zero-order valence-electron chi connectivity index (χ0n) is 17.3. The summed E-state index contributed by atoms with van der Waals surface area (Å²) in [6.07, 6.45) is 0. The lowest BCUT2D eigenvalue weighted by molar-refractivity contribution is -0.142. The molecule has 148 valence electrons. The van der Waals surface area contributed by atoms with Gasteiger partial charge in [-0.15, -0.1) is 0 Å². The molecule has 1 heterocycles. The Bertz CT molecular complexity index is 615. The number of hydrogen-bond acceptors (Lipinski definition) is 3. The second-order valence-corrected chi connectivity index (χ2v) is 10.4. The molecule has 2 aliphatic rings. The minimum atomic E-state index is -0.743. The summed E-state index contributed by atoms with van der Waals surface area (Å²) >= 11 is 0. The molecule has 3 unspecified atom stereocenters. The van der Waals surface area contributed by atoms with Gasteiger partial charge in [0.1, 0.15) is 12.1 Å². The normalized spacial score (nSPS) is 28.2. The van der Waals surface area contributed by atoms with Gasteiger partial charge in [-0.3, -0.25) is 9.59 Å². The molecule has 0 bridgehead atoms. The third kappa shape index (κ3) is 3.81. The number of piperidine rings is 1. The smallest absolute Gasteiger partial charge is 0.315 e. The molecule has 1 aliphatic heterocycles. The van der Waals surface area contributed by atoms with E-state index in [4.69, 9.17) is 5.73 Å². The van der Waals surface area contributed by atoms with E-state index in [-0.39, 0.29) is 23.2 Å². The van der Waals surface area contributed by atoms with Crippen LogP contribution in [0.4, 0.5) is 4.79 Å². The number of nitrogens with zero attached hydrogens (tertiary/aromatic N) is 1. The number of primary amides is 1. The van der Waals surface area contributed by atoms with Crippen LogP contribution in [0.3, 0.4) is 0 Å². The number of likely N-dealkylation sites (tertiary alicyclic amines) is 1. The average molecular weight is 367 g/mol. The van der Waals surface area contributed by atoms with Crippen molar-refractivity contribution < 1.29 is 14.4 Å². The molecule has 26 heavy (non-hydrogen) atoms. The predicted molar refractivity (Wildman–Crippen MR) is 100 cm³/mol. The van der Waals surface area contributed by atoms with Crippen molar-refractivity contribution in [1.82, 2.24) is 15.5 Å². The minimum absolute atomic E-state index is 0.0325. The van der Waals surface area contributed by atoms with E-state index in [1.54, 1.807) is 4.90 Å². The van der Waals surface area contributed by atoms with Crippen molar-refractivity contribution in [2.45, 2.75) is 73.0 Å². The van der Waals surface area contributed by atoms with Crippen LogP contribution in [0, 0.1) is 22.7 Å². The first-order valence-corrected chi connectivity index (χ1v) is 9.26. The molecule has 2 fully saturated rings. The van der Waals surface area contributed by atoms with Crippen LogP contribution in [-0.2, 0) is 9.59 Å². The largest absolute Gasteiger partial charge is 0.368 e. The summed E-state index contributed by atoms with van der Waals surface area (Å²) in [6, 6.07) is -1.74. The molecule has 7 nitrogen and oxygen atoms in total. The molecule has 1 aliphatic carbocycles. The molecule has 7 heteroatoms.